The van der Waals surface area contributed by atoms with E-state index >= 15 is 0 Å². The van der Waals surface area contributed by atoms with Crippen molar-refractivity contribution >= 4 is 32.7 Å². The van der Waals surface area contributed by atoms with E-state index in [4.69, 9.17) is 9.47 Å². The zero-order valence-corrected chi connectivity index (χ0v) is 17.2. The first-order valence-electron chi connectivity index (χ1n) is 9.18. The maximum atomic E-state index is 13.4. The number of ether oxygens (including phenoxy) is 2. The zero-order chi connectivity index (χ0) is 21.5. The smallest absolute Gasteiger partial charge is 0.355 e. The number of benzene rings is 2. The molecule has 2 aromatic carbocycles. The van der Waals surface area contributed by atoms with E-state index in [1.54, 1.807) is 36.4 Å². The van der Waals surface area contributed by atoms with Crippen molar-refractivity contribution in [3.63, 3.8) is 0 Å². The van der Waals surface area contributed by atoms with Crippen LogP contribution in [-0.4, -0.2) is 31.3 Å². The highest BCUT2D eigenvalue weighted by atomic mass is 32.2. The van der Waals surface area contributed by atoms with Crippen molar-refractivity contribution in [2.45, 2.75) is 23.8 Å². The Balaban J connectivity index is 2.00. The first-order chi connectivity index (χ1) is 14.3. The van der Waals surface area contributed by atoms with Gasteiger partial charge < -0.3 is 9.47 Å². The van der Waals surface area contributed by atoms with Crippen LogP contribution < -0.4 is 0 Å². The Bertz CT molecular complexity index is 1290. The molecule has 0 saturated heterocycles. The van der Waals surface area contributed by atoms with Crippen molar-refractivity contribution in [3.8, 4) is 0 Å². The molecule has 30 heavy (non-hydrogen) atoms. The molecule has 0 radical (unpaired) electrons. The third kappa shape index (κ3) is 3.00. The van der Waals surface area contributed by atoms with E-state index in [1.165, 1.54) is 31.5 Å². The monoisotopic (exact) mass is 425 g/mol. The molecule has 1 atom stereocenters. The minimum absolute atomic E-state index is 0.105. The largest absolute Gasteiger partial charge is 0.478 e. The van der Waals surface area contributed by atoms with Crippen LogP contribution in [0, 0.1) is 6.92 Å². The van der Waals surface area contributed by atoms with Crippen molar-refractivity contribution in [2.24, 2.45) is 0 Å². The Kier molecular flexibility index (Phi) is 4.74. The van der Waals surface area contributed by atoms with Gasteiger partial charge in [-0.2, -0.15) is 0 Å². The van der Waals surface area contributed by atoms with Crippen molar-refractivity contribution in [2.75, 3.05) is 7.11 Å². The van der Waals surface area contributed by atoms with Gasteiger partial charge in [0, 0.05) is 23.2 Å². The second-order valence-corrected chi connectivity index (χ2v) is 8.87. The second-order valence-electron chi connectivity index (χ2n) is 7.06. The highest BCUT2D eigenvalue weighted by Gasteiger charge is 2.49. The summed E-state index contributed by atoms with van der Waals surface area (Å²) in [7, 11) is -2.77. The highest BCUT2D eigenvalue weighted by Crippen LogP contribution is 2.40. The molecule has 1 aliphatic heterocycles. The number of para-hydroxylation sites is 1. The number of carbonyl (C=O) groups excluding carboxylic acids is 2. The summed E-state index contributed by atoms with van der Waals surface area (Å²) in [6, 6.07) is 13.2. The van der Waals surface area contributed by atoms with E-state index in [2.05, 4.69) is 0 Å². The molecule has 0 bridgehead atoms. The summed E-state index contributed by atoms with van der Waals surface area (Å²) in [6.07, 6.45) is 3.41. The fraction of sp³-hybridized carbons (Fsp3) is 0.182. The molecule has 4 rings (SSSR count). The maximum Gasteiger partial charge on any atom is 0.355 e. The summed E-state index contributed by atoms with van der Waals surface area (Å²) in [5.74, 6) is -1.11. The Hall–Kier alpha value is -3.39. The minimum Gasteiger partial charge on any atom is -0.478 e. The minimum atomic E-state index is -3.97. The summed E-state index contributed by atoms with van der Waals surface area (Å²) >= 11 is 0. The average Bonchev–Trinajstić information content (AvgIpc) is 3.14. The Labute approximate surface area is 173 Å². The number of aryl methyl sites for hydroxylation is 1. The molecular weight excluding hydrogens is 406 g/mol. The highest BCUT2D eigenvalue weighted by molar-refractivity contribution is 7.90. The number of esters is 1. The molecule has 7 nitrogen and oxygen atoms in total. The van der Waals surface area contributed by atoms with Crippen molar-refractivity contribution in [1.29, 1.82) is 0 Å². The molecule has 154 valence electrons. The maximum absolute atomic E-state index is 13.4. The van der Waals surface area contributed by atoms with Gasteiger partial charge in [0.1, 0.15) is 0 Å². The van der Waals surface area contributed by atoms with Crippen LogP contribution >= 0.6 is 0 Å². The Morgan fingerprint density at radius 2 is 1.83 bits per heavy atom. The van der Waals surface area contributed by atoms with Crippen molar-refractivity contribution < 1.29 is 27.5 Å². The van der Waals surface area contributed by atoms with Gasteiger partial charge in [-0.05, 0) is 25.1 Å². The molecule has 0 saturated carbocycles. The van der Waals surface area contributed by atoms with Gasteiger partial charge >= 0.3 is 5.97 Å². The summed E-state index contributed by atoms with van der Waals surface area (Å²) in [5, 5.41) is 0.474. The van der Waals surface area contributed by atoms with Gasteiger partial charge in [0.2, 0.25) is 5.60 Å². The van der Waals surface area contributed by atoms with Crippen LogP contribution in [0.2, 0.25) is 0 Å². The molecule has 1 aromatic heterocycles. The van der Waals surface area contributed by atoms with Crippen LogP contribution in [0.4, 0.5) is 0 Å². The molecule has 0 N–H and O–H groups in total. The average molecular weight is 425 g/mol. The standard InChI is InChI=1S/C22H19NO6S/c1-15-7-9-17(10-8-15)30(26,27)23-14-19(18-5-3-4-6-20(18)23)22(21(25)28-2)13-16(24)11-12-29-22/h3-12,14H,13H2,1-2H3. The summed E-state index contributed by atoms with van der Waals surface area (Å²) < 4.78 is 38.5. The van der Waals surface area contributed by atoms with Gasteiger partial charge in [-0.3, -0.25) is 4.79 Å². The van der Waals surface area contributed by atoms with Crippen LogP contribution in [-0.2, 0) is 34.7 Å². The van der Waals surface area contributed by atoms with Gasteiger partial charge in [-0.25, -0.2) is 17.2 Å². The van der Waals surface area contributed by atoms with E-state index in [0.29, 0.717) is 10.9 Å². The number of fused-ring (bicyclic) bond motifs is 1. The number of ketones is 1. The number of allylic oxidation sites excluding steroid dienone is 1. The lowest BCUT2D eigenvalue weighted by Crippen LogP contribution is -2.42. The van der Waals surface area contributed by atoms with Gasteiger partial charge in [0.25, 0.3) is 10.0 Å². The first kappa shape index (κ1) is 19.9. The third-order valence-electron chi connectivity index (χ3n) is 5.15. The molecule has 8 heteroatoms. The first-order valence-corrected chi connectivity index (χ1v) is 10.6. The summed E-state index contributed by atoms with van der Waals surface area (Å²) in [6.45, 7) is 1.87. The van der Waals surface area contributed by atoms with Gasteiger partial charge in [0.15, 0.2) is 5.78 Å². The molecule has 0 spiro atoms. The van der Waals surface area contributed by atoms with E-state index in [-0.39, 0.29) is 22.7 Å². The lowest BCUT2D eigenvalue weighted by atomic mass is 9.87. The number of rotatable bonds is 4. The van der Waals surface area contributed by atoms with Gasteiger partial charge in [-0.1, -0.05) is 35.9 Å². The van der Waals surface area contributed by atoms with Crippen molar-refractivity contribution in [3.05, 3.63) is 78.2 Å². The fourth-order valence-electron chi connectivity index (χ4n) is 3.62. The molecule has 2 heterocycles. The number of nitrogens with zero attached hydrogens (tertiary/aromatic N) is 1. The summed E-state index contributed by atoms with van der Waals surface area (Å²) in [4.78, 5) is 25.0. The molecule has 0 fully saturated rings. The van der Waals surface area contributed by atoms with Gasteiger partial charge in [-0.15, -0.1) is 0 Å². The fourth-order valence-corrected chi connectivity index (χ4v) is 4.99. The molecular formula is C22H19NO6S. The van der Waals surface area contributed by atoms with E-state index in [1.807, 2.05) is 6.92 Å². The molecule has 0 aliphatic carbocycles. The molecule has 1 aliphatic rings. The second kappa shape index (κ2) is 7.14. The quantitative estimate of drug-likeness (QED) is 0.597. The van der Waals surface area contributed by atoms with Crippen LogP contribution in [0.3, 0.4) is 0 Å². The number of methoxy groups -OCH3 is 1. The van der Waals surface area contributed by atoms with Crippen LogP contribution in [0.5, 0.6) is 0 Å². The predicted molar refractivity (Wildman–Crippen MR) is 109 cm³/mol. The Morgan fingerprint density at radius 3 is 2.50 bits per heavy atom. The lowest BCUT2D eigenvalue weighted by Gasteiger charge is -2.31. The van der Waals surface area contributed by atoms with Crippen LogP contribution in [0.25, 0.3) is 10.9 Å². The number of hydrogen-bond donors (Lipinski definition) is 0. The molecule has 1 unspecified atom stereocenters. The number of aromatic nitrogens is 1. The predicted octanol–water partition coefficient (Wildman–Crippen LogP) is 3.06. The number of hydrogen-bond acceptors (Lipinski definition) is 6. The molecule has 0 amide bonds. The topological polar surface area (TPSA) is 91.7 Å². The normalized spacial score (nSPS) is 18.9. The van der Waals surface area contributed by atoms with Gasteiger partial charge in [0.05, 0.1) is 30.2 Å². The Morgan fingerprint density at radius 1 is 1.13 bits per heavy atom. The number of carbonyl (C=O) groups is 2. The molecule has 3 aromatic rings. The van der Waals surface area contributed by atoms with Crippen LogP contribution in [0.15, 0.2) is 72.0 Å². The van der Waals surface area contributed by atoms with E-state index in [9.17, 15) is 18.0 Å². The van der Waals surface area contributed by atoms with Crippen LogP contribution in [0.1, 0.15) is 17.5 Å². The lowest BCUT2D eigenvalue weighted by molar-refractivity contribution is -0.168. The van der Waals surface area contributed by atoms with Crippen molar-refractivity contribution in [1.82, 2.24) is 3.97 Å². The SMILES string of the molecule is COC(=O)C1(c2cn(S(=O)(=O)c3ccc(C)cc3)c3ccccc23)CC(=O)C=CO1. The zero-order valence-electron chi connectivity index (χ0n) is 16.4. The van der Waals surface area contributed by atoms with E-state index in [0.717, 1.165) is 15.8 Å². The summed E-state index contributed by atoms with van der Waals surface area (Å²) in [5.41, 5.74) is -0.230. The third-order valence-corrected chi connectivity index (χ3v) is 6.84. The van der Waals surface area contributed by atoms with E-state index < -0.39 is 21.6 Å².